The molecule has 0 unspecified atom stereocenters. The molecule has 1 aromatic heterocycles. The van der Waals surface area contributed by atoms with Crippen molar-refractivity contribution >= 4 is 5.91 Å². The highest BCUT2D eigenvalue weighted by Gasteiger charge is 2.18. The summed E-state index contributed by atoms with van der Waals surface area (Å²) in [5.41, 5.74) is 4.16. The van der Waals surface area contributed by atoms with Gasteiger partial charge >= 0.3 is 0 Å². The van der Waals surface area contributed by atoms with Crippen LogP contribution in [0.5, 0.6) is 0 Å². The predicted octanol–water partition coefficient (Wildman–Crippen LogP) is 5.47. The van der Waals surface area contributed by atoms with E-state index in [0.717, 1.165) is 30.0 Å². The Labute approximate surface area is 156 Å². The third kappa shape index (κ3) is 3.98. The van der Waals surface area contributed by atoms with Gasteiger partial charge in [0.1, 0.15) is 0 Å². The second-order valence-corrected chi connectivity index (χ2v) is 7.84. The van der Waals surface area contributed by atoms with E-state index in [-0.39, 0.29) is 5.91 Å². The van der Waals surface area contributed by atoms with Crippen molar-refractivity contribution in [2.45, 2.75) is 69.7 Å². The van der Waals surface area contributed by atoms with Gasteiger partial charge in [-0.05, 0) is 49.3 Å². The van der Waals surface area contributed by atoms with Gasteiger partial charge in [0.2, 0.25) is 0 Å². The fourth-order valence-electron chi connectivity index (χ4n) is 4.40. The van der Waals surface area contributed by atoms with Crippen molar-refractivity contribution in [2.75, 3.05) is 0 Å². The molecule has 3 nitrogen and oxygen atoms in total. The lowest BCUT2D eigenvalue weighted by Gasteiger charge is -2.22. The summed E-state index contributed by atoms with van der Waals surface area (Å²) >= 11 is 0. The number of amides is 1. The number of rotatable bonds is 4. The third-order valence-electron chi connectivity index (χ3n) is 6.00. The van der Waals surface area contributed by atoms with E-state index in [0.29, 0.717) is 11.6 Å². The molecule has 0 saturated heterocycles. The lowest BCUT2D eigenvalue weighted by molar-refractivity contribution is 0.0937. The molecular weight excluding hydrogens is 320 g/mol. The highest BCUT2D eigenvalue weighted by molar-refractivity contribution is 5.94. The molecule has 0 aliphatic heterocycles. The standard InChI is InChI=1S/C23H28N2O/c26-23(25-21-8-4-5-9-21)20-14-15-22(24-16-20)19-12-10-18(11-13-19)17-6-2-1-3-7-17/h10-17,21H,1-9H2,(H,25,26). The molecule has 2 aliphatic rings. The first-order valence-electron chi connectivity index (χ1n) is 10.2. The molecule has 0 atom stereocenters. The molecule has 4 rings (SSSR count). The maximum atomic E-state index is 12.3. The minimum absolute atomic E-state index is 0.00333. The number of nitrogens with one attached hydrogen (secondary N) is 1. The molecule has 26 heavy (non-hydrogen) atoms. The van der Waals surface area contributed by atoms with Gasteiger partial charge in [0.25, 0.3) is 5.91 Å². The summed E-state index contributed by atoms with van der Waals surface area (Å²) < 4.78 is 0. The van der Waals surface area contributed by atoms with Gasteiger partial charge in [0.05, 0.1) is 11.3 Å². The summed E-state index contributed by atoms with van der Waals surface area (Å²) in [4.78, 5) is 16.8. The van der Waals surface area contributed by atoms with Crippen LogP contribution in [0.1, 0.15) is 79.6 Å². The maximum Gasteiger partial charge on any atom is 0.253 e. The summed E-state index contributed by atoms with van der Waals surface area (Å²) in [6.45, 7) is 0. The minimum Gasteiger partial charge on any atom is -0.349 e. The molecule has 1 N–H and O–H groups in total. The van der Waals surface area contributed by atoms with Gasteiger partial charge < -0.3 is 5.32 Å². The lowest BCUT2D eigenvalue weighted by atomic mass is 9.84. The molecule has 2 aromatic rings. The Hall–Kier alpha value is -2.16. The zero-order valence-electron chi connectivity index (χ0n) is 15.4. The summed E-state index contributed by atoms with van der Waals surface area (Å²) in [6.07, 6.45) is 13.1. The van der Waals surface area contributed by atoms with Crippen LogP contribution in [-0.4, -0.2) is 16.9 Å². The quantitative estimate of drug-likeness (QED) is 0.796. The molecule has 136 valence electrons. The van der Waals surface area contributed by atoms with Gasteiger partial charge in [0.15, 0.2) is 0 Å². The van der Waals surface area contributed by atoms with Crippen molar-refractivity contribution in [1.82, 2.24) is 10.3 Å². The van der Waals surface area contributed by atoms with Crippen LogP contribution in [0.25, 0.3) is 11.3 Å². The average Bonchev–Trinajstić information content (AvgIpc) is 3.22. The number of benzene rings is 1. The van der Waals surface area contributed by atoms with Gasteiger partial charge in [-0.2, -0.15) is 0 Å². The van der Waals surface area contributed by atoms with Gasteiger partial charge in [0, 0.05) is 17.8 Å². The second kappa shape index (κ2) is 8.03. The molecule has 0 bridgehead atoms. The Morgan fingerprint density at radius 1 is 0.846 bits per heavy atom. The van der Waals surface area contributed by atoms with Crippen LogP contribution in [0.3, 0.4) is 0 Å². The van der Waals surface area contributed by atoms with Crippen molar-refractivity contribution in [3.05, 3.63) is 53.7 Å². The van der Waals surface area contributed by atoms with Crippen molar-refractivity contribution in [3.8, 4) is 11.3 Å². The monoisotopic (exact) mass is 348 g/mol. The van der Waals surface area contributed by atoms with E-state index in [9.17, 15) is 4.79 Å². The molecule has 1 amide bonds. The number of hydrogen-bond acceptors (Lipinski definition) is 2. The Kier molecular flexibility index (Phi) is 5.33. The zero-order valence-corrected chi connectivity index (χ0v) is 15.4. The molecular formula is C23H28N2O. The third-order valence-corrected chi connectivity index (χ3v) is 6.00. The summed E-state index contributed by atoms with van der Waals surface area (Å²) in [7, 11) is 0. The highest BCUT2D eigenvalue weighted by atomic mass is 16.1. The SMILES string of the molecule is O=C(NC1CCCC1)c1ccc(-c2ccc(C3CCCCC3)cc2)nc1. The van der Waals surface area contributed by atoms with Gasteiger partial charge in [-0.15, -0.1) is 0 Å². The molecule has 2 aliphatic carbocycles. The van der Waals surface area contributed by atoms with Gasteiger partial charge in [-0.25, -0.2) is 0 Å². The molecule has 2 fully saturated rings. The van der Waals surface area contributed by atoms with E-state index >= 15 is 0 Å². The first kappa shape index (κ1) is 17.3. The van der Waals surface area contributed by atoms with E-state index < -0.39 is 0 Å². The van der Waals surface area contributed by atoms with E-state index in [1.54, 1.807) is 6.20 Å². The number of pyridine rings is 1. The Morgan fingerprint density at radius 3 is 2.19 bits per heavy atom. The van der Waals surface area contributed by atoms with Crippen molar-refractivity contribution in [2.24, 2.45) is 0 Å². The topological polar surface area (TPSA) is 42.0 Å². The Balaban J connectivity index is 1.42. The van der Waals surface area contributed by atoms with E-state index in [2.05, 4.69) is 34.6 Å². The maximum absolute atomic E-state index is 12.3. The molecule has 3 heteroatoms. The largest absolute Gasteiger partial charge is 0.349 e. The Morgan fingerprint density at radius 2 is 1.54 bits per heavy atom. The van der Waals surface area contributed by atoms with Gasteiger partial charge in [-0.3, -0.25) is 9.78 Å². The smallest absolute Gasteiger partial charge is 0.253 e. The van der Waals surface area contributed by atoms with Crippen LogP contribution >= 0.6 is 0 Å². The fourth-order valence-corrected chi connectivity index (χ4v) is 4.40. The summed E-state index contributed by atoms with van der Waals surface area (Å²) in [6, 6.07) is 13.0. The summed E-state index contributed by atoms with van der Waals surface area (Å²) in [5, 5.41) is 3.12. The van der Waals surface area contributed by atoms with Crippen molar-refractivity contribution in [3.63, 3.8) is 0 Å². The number of carbonyl (C=O) groups excluding carboxylic acids is 1. The minimum atomic E-state index is 0.00333. The van der Waals surface area contributed by atoms with E-state index in [1.165, 1.54) is 50.5 Å². The van der Waals surface area contributed by atoms with E-state index in [1.807, 2.05) is 12.1 Å². The van der Waals surface area contributed by atoms with Crippen LogP contribution < -0.4 is 5.32 Å². The van der Waals surface area contributed by atoms with Crippen LogP contribution in [-0.2, 0) is 0 Å². The number of hydrogen-bond donors (Lipinski definition) is 1. The average molecular weight is 348 g/mol. The molecule has 0 spiro atoms. The second-order valence-electron chi connectivity index (χ2n) is 7.84. The Bertz CT molecular complexity index is 724. The van der Waals surface area contributed by atoms with Crippen LogP contribution in [0.4, 0.5) is 0 Å². The molecule has 1 heterocycles. The van der Waals surface area contributed by atoms with Gasteiger partial charge in [-0.1, -0.05) is 56.4 Å². The highest BCUT2D eigenvalue weighted by Crippen LogP contribution is 2.33. The van der Waals surface area contributed by atoms with Crippen LogP contribution in [0, 0.1) is 0 Å². The normalized spacial score (nSPS) is 18.8. The number of aromatic nitrogens is 1. The lowest BCUT2D eigenvalue weighted by Crippen LogP contribution is -2.32. The first-order valence-corrected chi connectivity index (χ1v) is 10.2. The molecule has 2 saturated carbocycles. The van der Waals surface area contributed by atoms with Crippen LogP contribution in [0.15, 0.2) is 42.6 Å². The molecule has 0 radical (unpaired) electrons. The van der Waals surface area contributed by atoms with Crippen molar-refractivity contribution in [1.29, 1.82) is 0 Å². The fraction of sp³-hybridized carbons (Fsp3) is 0.478. The predicted molar refractivity (Wildman–Crippen MR) is 105 cm³/mol. The number of nitrogens with zero attached hydrogens (tertiary/aromatic N) is 1. The summed E-state index contributed by atoms with van der Waals surface area (Å²) in [5.74, 6) is 0.732. The van der Waals surface area contributed by atoms with Crippen molar-refractivity contribution < 1.29 is 4.79 Å². The first-order chi connectivity index (χ1) is 12.8. The van der Waals surface area contributed by atoms with Crippen LogP contribution in [0.2, 0.25) is 0 Å². The molecule has 1 aromatic carbocycles. The zero-order chi connectivity index (χ0) is 17.8. The number of carbonyl (C=O) groups is 1. The van der Waals surface area contributed by atoms with E-state index in [4.69, 9.17) is 0 Å².